The number of rotatable bonds is 9. The second-order valence-electron chi connectivity index (χ2n) is 9.14. The molecule has 0 bridgehead atoms. The first kappa shape index (κ1) is 23.9. The van der Waals surface area contributed by atoms with Crippen molar-refractivity contribution in [2.24, 2.45) is 10.9 Å². The van der Waals surface area contributed by atoms with E-state index in [1.807, 2.05) is 0 Å². The number of anilines is 1. The lowest BCUT2D eigenvalue weighted by molar-refractivity contribution is 0.155. The summed E-state index contributed by atoms with van der Waals surface area (Å²) in [5.41, 5.74) is 2.61. The fraction of sp³-hybridized carbons (Fsp3) is 0.720. The summed E-state index contributed by atoms with van der Waals surface area (Å²) in [6.45, 7) is 12.7. The molecule has 0 unspecified atom stereocenters. The normalized spacial score (nSPS) is 19.6. The number of hydrogen-bond donors (Lipinski definition) is 2. The summed E-state index contributed by atoms with van der Waals surface area (Å²) in [4.78, 5) is 9.92. The first-order valence-corrected chi connectivity index (χ1v) is 12.3. The van der Waals surface area contributed by atoms with Crippen LogP contribution < -0.4 is 15.5 Å². The quantitative estimate of drug-likeness (QED) is 0.358. The number of guanidine groups is 1. The Balaban J connectivity index is 1.46. The molecule has 2 saturated heterocycles. The maximum absolute atomic E-state index is 5.17. The average molecular weight is 430 g/mol. The molecule has 2 aliphatic heterocycles. The number of piperidine rings is 2. The molecule has 1 aromatic carbocycles. The van der Waals surface area contributed by atoms with Crippen LogP contribution in [-0.4, -0.2) is 69.9 Å². The Kier molecular flexibility index (Phi) is 9.94. The van der Waals surface area contributed by atoms with Crippen molar-refractivity contribution >= 4 is 11.6 Å². The number of likely N-dealkylation sites (tertiary alicyclic amines) is 1. The van der Waals surface area contributed by atoms with E-state index in [0.29, 0.717) is 12.6 Å². The van der Waals surface area contributed by atoms with Gasteiger partial charge in [-0.25, -0.2) is 4.99 Å². The van der Waals surface area contributed by atoms with Crippen LogP contribution in [0.25, 0.3) is 0 Å². The molecule has 6 nitrogen and oxygen atoms in total. The Morgan fingerprint density at radius 3 is 2.42 bits per heavy atom. The largest absolute Gasteiger partial charge is 0.385 e. The number of methoxy groups -OCH3 is 1. The van der Waals surface area contributed by atoms with E-state index in [-0.39, 0.29) is 0 Å². The molecule has 0 spiro atoms. The molecule has 0 aliphatic carbocycles. The molecular weight excluding hydrogens is 386 g/mol. The maximum Gasteiger partial charge on any atom is 0.191 e. The van der Waals surface area contributed by atoms with Crippen molar-refractivity contribution in [2.75, 3.05) is 57.9 Å². The van der Waals surface area contributed by atoms with Crippen LogP contribution >= 0.6 is 0 Å². The Hall–Kier alpha value is -1.79. The van der Waals surface area contributed by atoms with Crippen molar-refractivity contribution in [3.63, 3.8) is 0 Å². The zero-order valence-corrected chi connectivity index (χ0v) is 19.9. The SMILES string of the molecule is CCNC(=NCc1ccc(N2CCC(C)CC2)cc1)NC1CCN(CCCOC)CC1. The highest BCUT2D eigenvalue weighted by molar-refractivity contribution is 5.80. The van der Waals surface area contributed by atoms with Crippen molar-refractivity contribution < 1.29 is 4.74 Å². The van der Waals surface area contributed by atoms with Crippen LogP contribution in [0.1, 0.15) is 51.5 Å². The van der Waals surface area contributed by atoms with E-state index >= 15 is 0 Å². The van der Waals surface area contributed by atoms with Crippen LogP contribution in [0.4, 0.5) is 5.69 Å². The van der Waals surface area contributed by atoms with E-state index in [2.05, 4.69) is 58.5 Å². The third-order valence-corrected chi connectivity index (χ3v) is 6.60. The first-order valence-electron chi connectivity index (χ1n) is 12.3. The van der Waals surface area contributed by atoms with Crippen LogP contribution in [0.2, 0.25) is 0 Å². The summed E-state index contributed by atoms with van der Waals surface area (Å²) < 4.78 is 5.17. The molecule has 2 aliphatic rings. The third kappa shape index (κ3) is 8.00. The van der Waals surface area contributed by atoms with Gasteiger partial charge in [0.15, 0.2) is 5.96 Å². The van der Waals surface area contributed by atoms with Crippen LogP contribution in [0.15, 0.2) is 29.3 Å². The molecule has 1 aromatic rings. The molecular formula is C25H43N5O. The number of nitrogens with zero attached hydrogens (tertiary/aromatic N) is 3. The van der Waals surface area contributed by atoms with E-state index in [1.54, 1.807) is 7.11 Å². The van der Waals surface area contributed by atoms with Gasteiger partial charge in [-0.05, 0) is 62.6 Å². The molecule has 0 radical (unpaired) electrons. The van der Waals surface area contributed by atoms with E-state index < -0.39 is 0 Å². The maximum atomic E-state index is 5.17. The van der Waals surface area contributed by atoms with Crippen molar-refractivity contribution in [1.82, 2.24) is 15.5 Å². The molecule has 0 aromatic heterocycles. The van der Waals surface area contributed by atoms with Gasteiger partial charge < -0.3 is 25.2 Å². The highest BCUT2D eigenvalue weighted by Gasteiger charge is 2.19. The molecule has 31 heavy (non-hydrogen) atoms. The summed E-state index contributed by atoms with van der Waals surface area (Å²) in [5.74, 6) is 1.80. The molecule has 2 N–H and O–H groups in total. The second kappa shape index (κ2) is 12.9. The smallest absolute Gasteiger partial charge is 0.191 e. The molecule has 2 fully saturated rings. The molecule has 6 heteroatoms. The second-order valence-corrected chi connectivity index (χ2v) is 9.14. The van der Waals surface area contributed by atoms with Gasteiger partial charge >= 0.3 is 0 Å². The predicted molar refractivity (Wildman–Crippen MR) is 131 cm³/mol. The molecule has 0 atom stereocenters. The summed E-state index contributed by atoms with van der Waals surface area (Å²) in [6.07, 6.45) is 6.06. The summed E-state index contributed by atoms with van der Waals surface area (Å²) >= 11 is 0. The van der Waals surface area contributed by atoms with Crippen molar-refractivity contribution in [3.8, 4) is 0 Å². The van der Waals surface area contributed by atoms with Gasteiger partial charge in [-0.15, -0.1) is 0 Å². The first-order chi connectivity index (χ1) is 15.2. The Morgan fingerprint density at radius 1 is 1.06 bits per heavy atom. The van der Waals surface area contributed by atoms with Crippen molar-refractivity contribution in [1.29, 1.82) is 0 Å². The monoisotopic (exact) mass is 429 g/mol. The Bertz CT molecular complexity index is 646. The van der Waals surface area contributed by atoms with E-state index in [1.165, 1.54) is 50.0 Å². The van der Waals surface area contributed by atoms with Gasteiger partial charge in [0.05, 0.1) is 6.54 Å². The van der Waals surface area contributed by atoms with Gasteiger partial charge in [0, 0.05) is 64.7 Å². The van der Waals surface area contributed by atoms with Gasteiger partial charge in [0.2, 0.25) is 0 Å². The summed E-state index contributed by atoms with van der Waals surface area (Å²) in [6, 6.07) is 9.50. The average Bonchev–Trinajstić information content (AvgIpc) is 2.80. The fourth-order valence-electron chi connectivity index (χ4n) is 4.50. The number of benzene rings is 1. The molecule has 0 saturated carbocycles. The molecule has 2 heterocycles. The molecule has 0 amide bonds. The van der Waals surface area contributed by atoms with E-state index in [0.717, 1.165) is 51.1 Å². The minimum absolute atomic E-state index is 0.500. The fourth-order valence-corrected chi connectivity index (χ4v) is 4.50. The minimum Gasteiger partial charge on any atom is -0.385 e. The van der Waals surface area contributed by atoms with E-state index in [4.69, 9.17) is 9.73 Å². The number of nitrogens with one attached hydrogen (secondary N) is 2. The van der Waals surface area contributed by atoms with Gasteiger partial charge in [-0.3, -0.25) is 0 Å². The van der Waals surface area contributed by atoms with Gasteiger partial charge in [-0.2, -0.15) is 0 Å². The number of ether oxygens (including phenoxy) is 1. The van der Waals surface area contributed by atoms with Gasteiger partial charge in [0.1, 0.15) is 0 Å². The van der Waals surface area contributed by atoms with Crippen LogP contribution in [0.3, 0.4) is 0 Å². The third-order valence-electron chi connectivity index (χ3n) is 6.60. The minimum atomic E-state index is 0.500. The zero-order chi connectivity index (χ0) is 21.9. The lowest BCUT2D eigenvalue weighted by atomic mass is 9.99. The van der Waals surface area contributed by atoms with Crippen molar-refractivity contribution in [2.45, 2.75) is 58.5 Å². The summed E-state index contributed by atoms with van der Waals surface area (Å²) in [5, 5.41) is 7.08. The molecule has 3 rings (SSSR count). The standard InChI is InChI=1S/C25H43N5O/c1-4-26-25(28-23-12-15-29(16-13-23)14-5-19-31-3)27-20-22-6-8-24(9-7-22)30-17-10-21(2)11-18-30/h6-9,21,23H,4-5,10-20H2,1-3H3,(H2,26,27,28). The Morgan fingerprint density at radius 2 is 1.77 bits per heavy atom. The summed E-state index contributed by atoms with van der Waals surface area (Å²) in [7, 11) is 1.78. The predicted octanol–water partition coefficient (Wildman–Crippen LogP) is 3.48. The van der Waals surface area contributed by atoms with Crippen LogP contribution in [-0.2, 0) is 11.3 Å². The number of hydrogen-bond acceptors (Lipinski definition) is 4. The van der Waals surface area contributed by atoms with Gasteiger partial charge in [0.25, 0.3) is 0 Å². The Labute approximate surface area is 189 Å². The van der Waals surface area contributed by atoms with Crippen LogP contribution in [0, 0.1) is 5.92 Å². The highest BCUT2D eigenvalue weighted by atomic mass is 16.5. The number of aliphatic imine (C=N–C) groups is 1. The van der Waals surface area contributed by atoms with Crippen LogP contribution in [0.5, 0.6) is 0 Å². The lowest BCUT2D eigenvalue weighted by Crippen LogP contribution is -2.48. The highest BCUT2D eigenvalue weighted by Crippen LogP contribution is 2.23. The molecule has 174 valence electrons. The van der Waals surface area contributed by atoms with E-state index in [9.17, 15) is 0 Å². The topological polar surface area (TPSA) is 52.1 Å². The van der Waals surface area contributed by atoms with Crippen molar-refractivity contribution in [3.05, 3.63) is 29.8 Å². The lowest BCUT2D eigenvalue weighted by Gasteiger charge is -2.33. The zero-order valence-electron chi connectivity index (χ0n) is 19.9. The van der Waals surface area contributed by atoms with Gasteiger partial charge in [-0.1, -0.05) is 19.1 Å².